The summed E-state index contributed by atoms with van der Waals surface area (Å²) in [5.41, 5.74) is 3.41. The van der Waals surface area contributed by atoms with Crippen molar-refractivity contribution < 1.29 is 8.42 Å². The molecule has 29 heavy (non-hydrogen) atoms. The molecule has 3 aromatic carbocycles. The van der Waals surface area contributed by atoms with Crippen LogP contribution in [0.3, 0.4) is 0 Å². The molecule has 0 radical (unpaired) electrons. The number of fused-ring (bicyclic) bond motifs is 1. The van der Waals surface area contributed by atoms with E-state index in [0.717, 1.165) is 23.2 Å². The smallest absolute Gasteiger partial charge is 0.256 e. The van der Waals surface area contributed by atoms with Crippen LogP contribution in [0.15, 0.2) is 95.9 Å². The predicted molar refractivity (Wildman–Crippen MR) is 119 cm³/mol. The van der Waals surface area contributed by atoms with Crippen molar-refractivity contribution in [3.8, 4) is 0 Å². The lowest BCUT2D eigenvalue weighted by Gasteiger charge is -2.34. The van der Waals surface area contributed by atoms with Crippen LogP contribution in [-0.4, -0.2) is 14.0 Å². The van der Waals surface area contributed by atoms with E-state index in [2.05, 4.69) is 18.2 Å². The Labute approximate surface area is 173 Å². The number of nitrogens with zero attached hydrogens (tertiary/aromatic N) is 1. The Morgan fingerprint density at radius 1 is 0.931 bits per heavy atom. The zero-order valence-electron chi connectivity index (χ0n) is 16.7. The summed E-state index contributed by atoms with van der Waals surface area (Å²) >= 11 is 0. The summed E-state index contributed by atoms with van der Waals surface area (Å²) in [4.78, 5) is 0.322. The first kappa shape index (κ1) is 19.5. The van der Waals surface area contributed by atoms with Crippen molar-refractivity contribution in [2.75, 3.05) is 4.31 Å². The van der Waals surface area contributed by atoms with Gasteiger partial charge in [0.05, 0.1) is 16.1 Å². The van der Waals surface area contributed by atoms with Crippen molar-refractivity contribution in [1.82, 2.24) is 0 Å². The average Bonchev–Trinajstić information content (AvgIpc) is 3.01. The lowest BCUT2D eigenvalue weighted by atomic mass is 9.96. The number of aryl methyl sites for hydroxylation is 1. The molecule has 0 saturated carbocycles. The molecule has 3 aromatic rings. The second-order valence-corrected chi connectivity index (χ2v) is 9.62. The number of allylic oxidation sites excluding steroid dienone is 1. The third-order valence-electron chi connectivity index (χ3n) is 5.46. The number of para-hydroxylation sites is 1. The Kier molecular flexibility index (Phi) is 5.05. The van der Waals surface area contributed by atoms with Gasteiger partial charge in [-0.25, -0.2) is 8.42 Å². The molecule has 3 nitrogen and oxygen atoms in total. The molecule has 0 bridgehead atoms. The number of rotatable bonds is 5. The van der Waals surface area contributed by atoms with Crippen molar-refractivity contribution in [3.63, 3.8) is 0 Å². The van der Waals surface area contributed by atoms with E-state index in [1.807, 2.05) is 74.5 Å². The molecule has 1 aliphatic heterocycles. The van der Waals surface area contributed by atoms with Crippen LogP contribution in [0.4, 0.5) is 5.69 Å². The Hall–Kier alpha value is -2.85. The van der Waals surface area contributed by atoms with Gasteiger partial charge in [0.15, 0.2) is 0 Å². The van der Waals surface area contributed by atoms with Gasteiger partial charge >= 0.3 is 0 Å². The number of sulfonamides is 1. The molecule has 0 N–H and O–H groups in total. The van der Waals surface area contributed by atoms with Gasteiger partial charge in [0.2, 0.25) is 0 Å². The molecule has 148 valence electrons. The molecule has 0 aromatic heterocycles. The van der Waals surface area contributed by atoms with E-state index in [0.29, 0.717) is 11.3 Å². The first-order valence-electron chi connectivity index (χ1n) is 9.82. The summed E-state index contributed by atoms with van der Waals surface area (Å²) in [6.45, 7) is 3.96. The highest BCUT2D eigenvalue weighted by atomic mass is 32.2. The van der Waals surface area contributed by atoms with Crippen LogP contribution in [-0.2, 0) is 22.9 Å². The maximum absolute atomic E-state index is 13.6. The molecular weight excluding hydrogens is 378 g/mol. The summed E-state index contributed by atoms with van der Waals surface area (Å²) in [6.07, 6.45) is 5.55. The first-order chi connectivity index (χ1) is 13.9. The van der Waals surface area contributed by atoms with E-state index >= 15 is 0 Å². The van der Waals surface area contributed by atoms with E-state index in [9.17, 15) is 8.42 Å². The van der Waals surface area contributed by atoms with Crippen molar-refractivity contribution in [3.05, 3.63) is 108 Å². The fourth-order valence-corrected chi connectivity index (χ4v) is 5.80. The Balaban J connectivity index is 1.74. The van der Waals surface area contributed by atoms with Crippen LogP contribution in [0.5, 0.6) is 0 Å². The van der Waals surface area contributed by atoms with Gasteiger partial charge in [-0.2, -0.15) is 0 Å². The topological polar surface area (TPSA) is 37.4 Å². The SMILES string of the molecule is Cc1ccc(S(=O)(=O)N2c3ccccc3CC2(C)/C=C/Cc2ccccc2)cc1. The van der Waals surface area contributed by atoms with Crippen LogP contribution < -0.4 is 4.31 Å². The van der Waals surface area contributed by atoms with Gasteiger partial charge < -0.3 is 0 Å². The van der Waals surface area contributed by atoms with Crippen molar-refractivity contribution >= 4 is 15.7 Å². The second-order valence-electron chi connectivity index (χ2n) is 7.84. The molecule has 1 heterocycles. The summed E-state index contributed by atoms with van der Waals surface area (Å²) in [7, 11) is -3.69. The fraction of sp³-hybridized carbons (Fsp3) is 0.200. The van der Waals surface area contributed by atoms with E-state index in [4.69, 9.17) is 0 Å². The van der Waals surface area contributed by atoms with E-state index in [1.54, 1.807) is 16.4 Å². The van der Waals surface area contributed by atoms with Gasteiger partial charge in [0.25, 0.3) is 10.0 Å². The largest absolute Gasteiger partial charge is 0.265 e. The highest BCUT2D eigenvalue weighted by Crippen LogP contribution is 2.43. The Morgan fingerprint density at radius 2 is 1.59 bits per heavy atom. The second kappa shape index (κ2) is 7.53. The monoisotopic (exact) mass is 403 g/mol. The molecule has 1 atom stereocenters. The molecule has 4 heteroatoms. The number of benzene rings is 3. The van der Waals surface area contributed by atoms with Gasteiger partial charge in [0.1, 0.15) is 0 Å². The zero-order chi connectivity index (χ0) is 20.5. The quantitative estimate of drug-likeness (QED) is 0.542. The maximum Gasteiger partial charge on any atom is 0.265 e. The van der Waals surface area contributed by atoms with Gasteiger partial charge in [-0.15, -0.1) is 0 Å². The third-order valence-corrected chi connectivity index (χ3v) is 7.42. The fourth-order valence-electron chi connectivity index (χ4n) is 4.00. The maximum atomic E-state index is 13.6. The standard InChI is InChI=1S/C25H25NO2S/c1-20-14-16-23(17-15-20)29(27,28)26-24-13-7-6-12-22(24)19-25(26,2)18-8-11-21-9-4-3-5-10-21/h3-10,12-18H,11,19H2,1-2H3/b18-8+. The summed E-state index contributed by atoms with van der Waals surface area (Å²) in [6, 6.07) is 25.1. The van der Waals surface area contributed by atoms with Crippen molar-refractivity contribution in [2.45, 2.75) is 37.1 Å². The van der Waals surface area contributed by atoms with Crippen LogP contribution in [0.25, 0.3) is 0 Å². The van der Waals surface area contributed by atoms with Crippen LogP contribution in [0, 0.1) is 6.92 Å². The van der Waals surface area contributed by atoms with Gasteiger partial charge in [0, 0.05) is 6.42 Å². The van der Waals surface area contributed by atoms with Gasteiger partial charge in [-0.1, -0.05) is 78.4 Å². The van der Waals surface area contributed by atoms with Crippen LogP contribution in [0.2, 0.25) is 0 Å². The minimum Gasteiger partial charge on any atom is -0.256 e. The highest BCUT2D eigenvalue weighted by Gasteiger charge is 2.45. The summed E-state index contributed by atoms with van der Waals surface area (Å²) < 4.78 is 28.9. The third kappa shape index (κ3) is 3.73. The molecule has 0 amide bonds. The molecule has 4 rings (SSSR count). The number of hydrogen-bond acceptors (Lipinski definition) is 2. The normalized spacial score (nSPS) is 18.9. The lowest BCUT2D eigenvalue weighted by molar-refractivity contribution is 0.555. The van der Waals surface area contributed by atoms with E-state index in [1.165, 1.54) is 5.56 Å². The Bertz CT molecular complexity index is 1130. The highest BCUT2D eigenvalue weighted by molar-refractivity contribution is 7.93. The predicted octanol–water partition coefficient (Wildman–Crippen LogP) is 5.30. The van der Waals surface area contributed by atoms with Crippen LogP contribution >= 0.6 is 0 Å². The van der Waals surface area contributed by atoms with E-state index < -0.39 is 15.6 Å². The first-order valence-corrected chi connectivity index (χ1v) is 11.3. The minimum atomic E-state index is -3.69. The molecule has 0 spiro atoms. The minimum absolute atomic E-state index is 0.322. The number of hydrogen-bond donors (Lipinski definition) is 0. The lowest BCUT2D eigenvalue weighted by Crippen LogP contribution is -2.46. The molecule has 0 aliphatic carbocycles. The van der Waals surface area contributed by atoms with Crippen LogP contribution in [0.1, 0.15) is 23.6 Å². The Morgan fingerprint density at radius 3 is 2.31 bits per heavy atom. The zero-order valence-corrected chi connectivity index (χ0v) is 17.6. The molecular formula is C25H25NO2S. The van der Waals surface area contributed by atoms with Gasteiger partial charge in [-0.05, 0) is 49.6 Å². The molecule has 0 saturated heterocycles. The van der Waals surface area contributed by atoms with Gasteiger partial charge in [-0.3, -0.25) is 4.31 Å². The van der Waals surface area contributed by atoms with Crippen molar-refractivity contribution in [1.29, 1.82) is 0 Å². The molecule has 1 unspecified atom stereocenters. The number of anilines is 1. The molecule has 0 fully saturated rings. The molecule has 1 aliphatic rings. The summed E-state index contributed by atoms with van der Waals surface area (Å²) in [5.74, 6) is 0. The summed E-state index contributed by atoms with van der Waals surface area (Å²) in [5, 5.41) is 0. The van der Waals surface area contributed by atoms with E-state index in [-0.39, 0.29) is 0 Å². The average molecular weight is 404 g/mol. The van der Waals surface area contributed by atoms with Crippen molar-refractivity contribution in [2.24, 2.45) is 0 Å².